The second-order valence-electron chi connectivity index (χ2n) is 6.76. The van der Waals surface area contributed by atoms with Gasteiger partial charge in [-0.15, -0.1) is 0 Å². The van der Waals surface area contributed by atoms with Crippen molar-refractivity contribution in [3.63, 3.8) is 0 Å². The zero-order chi connectivity index (χ0) is 20.8. The molecule has 3 aromatic heterocycles. The van der Waals surface area contributed by atoms with Crippen molar-refractivity contribution in [2.75, 3.05) is 0 Å². The van der Waals surface area contributed by atoms with Gasteiger partial charge < -0.3 is 14.8 Å². The lowest BCUT2D eigenvalue weighted by atomic mass is 10.1. The molecule has 0 aliphatic carbocycles. The Morgan fingerprint density at radius 3 is 2.73 bits per heavy atom. The number of ether oxygens (including phenoxy) is 1. The van der Waals surface area contributed by atoms with E-state index in [-0.39, 0.29) is 11.3 Å². The van der Waals surface area contributed by atoms with Crippen molar-refractivity contribution in [1.82, 2.24) is 19.7 Å². The number of fused-ring (bicyclic) bond motifs is 2. The molecule has 0 radical (unpaired) electrons. The highest BCUT2D eigenvalue weighted by molar-refractivity contribution is 6.03. The summed E-state index contributed by atoms with van der Waals surface area (Å²) in [6.45, 7) is 0. The summed E-state index contributed by atoms with van der Waals surface area (Å²) >= 11 is 0. The minimum atomic E-state index is -1.04. The van der Waals surface area contributed by atoms with Crippen LogP contribution in [0.15, 0.2) is 60.8 Å². The Kier molecular flexibility index (Phi) is 3.99. The first-order valence-corrected chi connectivity index (χ1v) is 9.12. The van der Waals surface area contributed by atoms with Gasteiger partial charge >= 0.3 is 5.97 Å². The molecule has 2 N–H and O–H groups in total. The Morgan fingerprint density at radius 1 is 1.13 bits per heavy atom. The smallest absolute Gasteiger partial charge is 0.337 e. The molecule has 7 nitrogen and oxygen atoms in total. The molecule has 5 rings (SSSR count). The van der Waals surface area contributed by atoms with Gasteiger partial charge in [0.25, 0.3) is 0 Å². The monoisotopic (exact) mass is 402 g/mol. The number of carbonyl (C=O) groups is 1. The van der Waals surface area contributed by atoms with Gasteiger partial charge in [-0.25, -0.2) is 9.18 Å². The van der Waals surface area contributed by atoms with Gasteiger partial charge in [0.2, 0.25) is 0 Å². The van der Waals surface area contributed by atoms with Crippen LogP contribution in [0.5, 0.6) is 11.5 Å². The molecule has 0 bridgehead atoms. The molecule has 0 atom stereocenters. The van der Waals surface area contributed by atoms with Crippen LogP contribution >= 0.6 is 0 Å². The van der Waals surface area contributed by atoms with Crippen LogP contribution in [-0.4, -0.2) is 30.8 Å². The molecule has 3 heterocycles. The largest absolute Gasteiger partial charge is 0.478 e. The highest BCUT2D eigenvalue weighted by Gasteiger charge is 2.19. The summed E-state index contributed by atoms with van der Waals surface area (Å²) in [6.07, 6.45) is 1.46. The van der Waals surface area contributed by atoms with Crippen molar-refractivity contribution in [3.05, 3.63) is 72.2 Å². The molecule has 30 heavy (non-hydrogen) atoms. The van der Waals surface area contributed by atoms with Gasteiger partial charge in [-0.2, -0.15) is 5.10 Å². The van der Waals surface area contributed by atoms with E-state index in [1.54, 1.807) is 48.1 Å². The van der Waals surface area contributed by atoms with E-state index in [0.717, 1.165) is 5.39 Å². The number of halogens is 1. The minimum absolute atomic E-state index is 0.119. The highest BCUT2D eigenvalue weighted by atomic mass is 19.1. The van der Waals surface area contributed by atoms with Crippen molar-refractivity contribution in [2.24, 2.45) is 7.05 Å². The first-order chi connectivity index (χ1) is 14.5. The molecular formula is C22H15FN4O3. The lowest BCUT2D eigenvalue weighted by Gasteiger charge is -2.08. The van der Waals surface area contributed by atoms with Crippen LogP contribution in [0.2, 0.25) is 0 Å². The predicted octanol–water partition coefficient (Wildman–Crippen LogP) is 4.75. The Morgan fingerprint density at radius 2 is 1.93 bits per heavy atom. The van der Waals surface area contributed by atoms with E-state index in [1.807, 2.05) is 6.07 Å². The van der Waals surface area contributed by atoms with Crippen LogP contribution in [0.25, 0.3) is 33.3 Å². The fourth-order valence-corrected chi connectivity index (χ4v) is 3.56. The van der Waals surface area contributed by atoms with Gasteiger partial charge in [-0.3, -0.25) is 9.67 Å². The number of aryl methyl sites for hydroxylation is 1. The second kappa shape index (κ2) is 6.70. The number of nitrogens with zero attached hydrogens (tertiary/aromatic N) is 3. The standard InChI is InChI=1S/C22H15FN4O3/c1-27-21-12(5-4-8-18(21)30-17-7-3-2-6-14(17)23)20(26-27)16-11-15-19(25-16)13(22(28)29)9-10-24-15/h2-11,25H,1H3,(H,28,29). The van der Waals surface area contributed by atoms with Crippen LogP contribution < -0.4 is 4.74 Å². The summed E-state index contributed by atoms with van der Waals surface area (Å²) in [7, 11) is 1.77. The maximum Gasteiger partial charge on any atom is 0.337 e. The number of carboxylic acids is 1. The fraction of sp³-hybridized carbons (Fsp3) is 0.0455. The summed E-state index contributed by atoms with van der Waals surface area (Å²) in [5.74, 6) is -0.921. The third-order valence-electron chi connectivity index (χ3n) is 4.89. The number of para-hydroxylation sites is 2. The molecule has 2 aromatic carbocycles. The summed E-state index contributed by atoms with van der Waals surface area (Å²) < 4.78 is 21.5. The summed E-state index contributed by atoms with van der Waals surface area (Å²) in [6, 6.07) is 14.8. The summed E-state index contributed by atoms with van der Waals surface area (Å²) in [4.78, 5) is 18.9. The van der Waals surface area contributed by atoms with E-state index < -0.39 is 11.8 Å². The number of benzene rings is 2. The normalized spacial score (nSPS) is 11.3. The molecule has 0 amide bonds. The maximum absolute atomic E-state index is 14.1. The van der Waals surface area contributed by atoms with Crippen molar-refractivity contribution in [1.29, 1.82) is 0 Å². The number of rotatable bonds is 4. The SMILES string of the molecule is Cn1nc(-c2cc3nccc(C(=O)O)c3[nH]2)c2cccc(Oc3ccccc3F)c21. The predicted molar refractivity (Wildman–Crippen MR) is 109 cm³/mol. The van der Waals surface area contributed by atoms with E-state index in [9.17, 15) is 14.3 Å². The molecule has 0 spiro atoms. The molecule has 0 aliphatic heterocycles. The number of aromatic carboxylic acids is 1. The van der Waals surface area contributed by atoms with E-state index in [4.69, 9.17) is 4.74 Å². The maximum atomic E-state index is 14.1. The molecular weight excluding hydrogens is 387 g/mol. The topological polar surface area (TPSA) is 93.0 Å². The average molecular weight is 402 g/mol. The molecule has 8 heteroatoms. The quantitative estimate of drug-likeness (QED) is 0.453. The number of pyridine rings is 1. The van der Waals surface area contributed by atoms with Gasteiger partial charge in [-0.05, 0) is 30.3 Å². The Bertz CT molecular complexity index is 1440. The number of aromatic nitrogens is 4. The van der Waals surface area contributed by atoms with Gasteiger partial charge in [0.05, 0.1) is 22.3 Å². The van der Waals surface area contributed by atoms with Crippen molar-refractivity contribution in [2.45, 2.75) is 0 Å². The zero-order valence-electron chi connectivity index (χ0n) is 15.8. The number of carboxylic acid groups (broad SMARTS) is 1. The molecule has 5 aromatic rings. The van der Waals surface area contributed by atoms with E-state index in [2.05, 4.69) is 15.1 Å². The molecule has 0 saturated heterocycles. The average Bonchev–Trinajstić information content (AvgIpc) is 3.31. The Labute approximate surface area is 169 Å². The van der Waals surface area contributed by atoms with Crippen molar-refractivity contribution >= 4 is 27.9 Å². The van der Waals surface area contributed by atoms with Gasteiger partial charge in [0.1, 0.15) is 11.2 Å². The highest BCUT2D eigenvalue weighted by Crippen LogP contribution is 2.36. The molecule has 148 valence electrons. The lowest BCUT2D eigenvalue weighted by Crippen LogP contribution is -1.97. The molecule has 0 unspecified atom stereocenters. The third kappa shape index (κ3) is 2.77. The van der Waals surface area contributed by atoms with Crippen LogP contribution in [0.3, 0.4) is 0 Å². The summed E-state index contributed by atoms with van der Waals surface area (Å²) in [5.41, 5.74) is 3.01. The third-order valence-corrected chi connectivity index (χ3v) is 4.89. The number of hydrogen-bond donors (Lipinski definition) is 2. The first kappa shape index (κ1) is 17.9. The first-order valence-electron chi connectivity index (χ1n) is 9.12. The van der Waals surface area contributed by atoms with Gasteiger partial charge in [-0.1, -0.05) is 24.3 Å². The molecule has 0 aliphatic rings. The number of hydrogen-bond acceptors (Lipinski definition) is 4. The van der Waals surface area contributed by atoms with Crippen LogP contribution in [0.4, 0.5) is 4.39 Å². The lowest BCUT2D eigenvalue weighted by molar-refractivity contribution is 0.0698. The summed E-state index contributed by atoms with van der Waals surface area (Å²) in [5, 5.41) is 14.8. The number of nitrogens with one attached hydrogen (secondary N) is 1. The number of H-pyrrole nitrogens is 1. The Hall–Kier alpha value is -4.20. The van der Waals surface area contributed by atoms with E-state index >= 15 is 0 Å². The second-order valence-corrected chi connectivity index (χ2v) is 6.76. The van der Waals surface area contributed by atoms with Crippen LogP contribution in [0, 0.1) is 5.82 Å². The zero-order valence-corrected chi connectivity index (χ0v) is 15.8. The fourth-order valence-electron chi connectivity index (χ4n) is 3.56. The van der Waals surface area contributed by atoms with Crippen LogP contribution in [0.1, 0.15) is 10.4 Å². The van der Waals surface area contributed by atoms with Gasteiger partial charge in [0.15, 0.2) is 17.3 Å². The molecule has 0 saturated carbocycles. The molecule has 0 fully saturated rings. The van der Waals surface area contributed by atoms with Crippen molar-refractivity contribution in [3.8, 4) is 22.9 Å². The van der Waals surface area contributed by atoms with Crippen LogP contribution in [-0.2, 0) is 7.05 Å². The minimum Gasteiger partial charge on any atom is -0.478 e. The van der Waals surface area contributed by atoms with E-state index in [0.29, 0.717) is 33.7 Å². The van der Waals surface area contributed by atoms with Gasteiger partial charge in [0, 0.05) is 18.6 Å². The van der Waals surface area contributed by atoms with E-state index in [1.165, 1.54) is 18.3 Å². The Balaban J connectivity index is 1.67. The number of aromatic amines is 1. The van der Waals surface area contributed by atoms with Crippen molar-refractivity contribution < 1.29 is 19.0 Å².